The molecule has 0 bridgehead atoms. The van der Waals surface area contributed by atoms with Crippen LogP contribution in [0.25, 0.3) is 0 Å². The molecule has 0 spiro atoms. The molecular formula is C17H26ClN3O2S. The highest BCUT2D eigenvalue weighted by atomic mass is 35.5. The number of amides is 2. The van der Waals surface area contributed by atoms with Crippen LogP contribution in [0.5, 0.6) is 0 Å². The first-order valence-corrected chi connectivity index (χ1v) is 9.24. The van der Waals surface area contributed by atoms with Crippen LogP contribution in [-0.4, -0.2) is 60.4 Å². The van der Waals surface area contributed by atoms with Gasteiger partial charge in [-0.15, -0.1) is 23.7 Å². The molecule has 0 saturated carbocycles. The third kappa shape index (κ3) is 4.29. The summed E-state index contributed by atoms with van der Waals surface area (Å²) in [5, 5.41) is 3.39. The fraction of sp³-hybridized carbons (Fsp3) is 0.647. The number of nitrogens with one attached hydrogen (secondary N) is 1. The second-order valence-corrected chi connectivity index (χ2v) is 7.89. The van der Waals surface area contributed by atoms with E-state index in [4.69, 9.17) is 0 Å². The van der Waals surface area contributed by atoms with Gasteiger partial charge in [-0.1, -0.05) is 0 Å². The minimum absolute atomic E-state index is 0. The van der Waals surface area contributed by atoms with E-state index in [-0.39, 0.29) is 30.1 Å². The van der Waals surface area contributed by atoms with Crippen LogP contribution in [0.4, 0.5) is 0 Å². The zero-order chi connectivity index (χ0) is 16.4. The Bertz CT molecular complexity index is 584. The van der Waals surface area contributed by atoms with E-state index in [1.807, 2.05) is 28.9 Å². The lowest BCUT2D eigenvalue weighted by Gasteiger charge is -2.38. The molecule has 2 atom stereocenters. The second kappa shape index (κ2) is 8.32. The maximum atomic E-state index is 12.6. The molecule has 2 aliphatic heterocycles. The van der Waals surface area contributed by atoms with E-state index in [0.29, 0.717) is 32.2 Å². The molecule has 1 aromatic rings. The lowest BCUT2D eigenvalue weighted by atomic mass is 9.92. The number of thiophene rings is 1. The number of hydrogen-bond donors (Lipinski definition) is 1. The number of halogens is 1. The van der Waals surface area contributed by atoms with Gasteiger partial charge in [0.25, 0.3) is 5.91 Å². The number of piperazine rings is 1. The zero-order valence-electron chi connectivity index (χ0n) is 14.3. The van der Waals surface area contributed by atoms with Crippen molar-refractivity contribution in [1.82, 2.24) is 15.1 Å². The average molecular weight is 372 g/mol. The van der Waals surface area contributed by atoms with E-state index in [1.54, 1.807) is 11.3 Å². The second-order valence-electron chi connectivity index (χ2n) is 6.60. The van der Waals surface area contributed by atoms with Gasteiger partial charge in [-0.2, -0.15) is 0 Å². The summed E-state index contributed by atoms with van der Waals surface area (Å²) in [5.41, 5.74) is 0. The Hall–Kier alpha value is -1.11. The smallest absolute Gasteiger partial charge is 0.264 e. The molecule has 0 aromatic carbocycles. The largest absolute Gasteiger partial charge is 0.339 e. The van der Waals surface area contributed by atoms with E-state index in [9.17, 15) is 9.59 Å². The molecule has 2 saturated heterocycles. The fourth-order valence-corrected chi connectivity index (χ4v) is 4.29. The SMILES string of the molecule is Cc1ccc(C(=O)N2CCN(C(=O)[C@H]3CCN[C@@H](C)C3)CC2)s1.Cl. The summed E-state index contributed by atoms with van der Waals surface area (Å²) in [6.45, 7) is 7.68. The Morgan fingerprint density at radius 3 is 2.42 bits per heavy atom. The highest BCUT2D eigenvalue weighted by Gasteiger charge is 2.31. The van der Waals surface area contributed by atoms with Gasteiger partial charge in [0, 0.05) is 43.0 Å². The van der Waals surface area contributed by atoms with E-state index in [1.165, 1.54) is 0 Å². The van der Waals surface area contributed by atoms with Crippen molar-refractivity contribution >= 4 is 35.6 Å². The molecule has 3 heterocycles. The summed E-state index contributed by atoms with van der Waals surface area (Å²) in [5.74, 6) is 0.525. The van der Waals surface area contributed by atoms with Crippen LogP contribution in [-0.2, 0) is 4.79 Å². The molecule has 5 nitrogen and oxygen atoms in total. The van der Waals surface area contributed by atoms with Crippen molar-refractivity contribution in [3.63, 3.8) is 0 Å². The Morgan fingerprint density at radius 1 is 1.17 bits per heavy atom. The van der Waals surface area contributed by atoms with E-state index in [2.05, 4.69) is 12.2 Å². The molecule has 2 fully saturated rings. The van der Waals surface area contributed by atoms with Crippen LogP contribution in [0, 0.1) is 12.8 Å². The van der Waals surface area contributed by atoms with Gasteiger partial charge in [0.2, 0.25) is 5.91 Å². The zero-order valence-corrected chi connectivity index (χ0v) is 15.9. The van der Waals surface area contributed by atoms with Crippen molar-refractivity contribution in [2.24, 2.45) is 5.92 Å². The number of piperidine rings is 1. The molecule has 0 radical (unpaired) electrons. The first-order valence-electron chi connectivity index (χ1n) is 8.42. The Morgan fingerprint density at radius 2 is 1.83 bits per heavy atom. The molecule has 2 amide bonds. The number of hydrogen-bond acceptors (Lipinski definition) is 4. The maximum Gasteiger partial charge on any atom is 0.264 e. The fourth-order valence-electron chi connectivity index (χ4n) is 3.45. The quantitative estimate of drug-likeness (QED) is 0.866. The first-order chi connectivity index (χ1) is 11.0. The molecule has 134 valence electrons. The van der Waals surface area contributed by atoms with E-state index in [0.717, 1.165) is 29.1 Å². The Kier molecular flexibility index (Phi) is 6.66. The molecule has 24 heavy (non-hydrogen) atoms. The van der Waals surface area contributed by atoms with Gasteiger partial charge in [-0.25, -0.2) is 0 Å². The van der Waals surface area contributed by atoms with Crippen molar-refractivity contribution in [3.05, 3.63) is 21.9 Å². The van der Waals surface area contributed by atoms with Gasteiger partial charge in [0.15, 0.2) is 0 Å². The third-order valence-electron chi connectivity index (χ3n) is 4.80. The van der Waals surface area contributed by atoms with Crippen LogP contribution in [0.3, 0.4) is 0 Å². The normalized spacial score (nSPS) is 24.4. The van der Waals surface area contributed by atoms with Gasteiger partial charge in [0.05, 0.1) is 4.88 Å². The van der Waals surface area contributed by atoms with Crippen LogP contribution in [0.15, 0.2) is 12.1 Å². The van der Waals surface area contributed by atoms with Gasteiger partial charge in [-0.05, 0) is 45.4 Å². The molecular weight excluding hydrogens is 346 g/mol. The molecule has 3 rings (SSSR count). The molecule has 0 unspecified atom stereocenters. The summed E-state index contributed by atoms with van der Waals surface area (Å²) in [4.78, 5) is 30.9. The summed E-state index contributed by atoms with van der Waals surface area (Å²) in [7, 11) is 0. The van der Waals surface area contributed by atoms with Crippen molar-refractivity contribution in [1.29, 1.82) is 0 Å². The van der Waals surface area contributed by atoms with Crippen LogP contribution >= 0.6 is 23.7 Å². The molecule has 2 aliphatic rings. The number of carbonyl (C=O) groups excluding carboxylic acids is 2. The molecule has 0 aliphatic carbocycles. The minimum Gasteiger partial charge on any atom is -0.339 e. The van der Waals surface area contributed by atoms with Crippen molar-refractivity contribution in [2.75, 3.05) is 32.7 Å². The number of rotatable bonds is 2. The highest BCUT2D eigenvalue weighted by molar-refractivity contribution is 7.13. The van der Waals surface area contributed by atoms with Gasteiger partial charge in [0.1, 0.15) is 0 Å². The third-order valence-corrected chi connectivity index (χ3v) is 5.79. The summed E-state index contributed by atoms with van der Waals surface area (Å²) in [6.07, 6.45) is 1.85. The van der Waals surface area contributed by atoms with Gasteiger partial charge >= 0.3 is 0 Å². The van der Waals surface area contributed by atoms with Gasteiger partial charge < -0.3 is 15.1 Å². The first kappa shape index (κ1) is 19.2. The predicted octanol–water partition coefficient (Wildman–Crippen LogP) is 2.15. The Balaban J connectivity index is 0.00000208. The number of carbonyl (C=O) groups is 2. The predicted molar refractivity (Wildman–Crippen MR) is 99.0 cm³/mol. The summed E-state index contributed by atoms with van der Waals surface area (Å²) >= 11 is 1.54. The van der Waals surface area contributed by atoms with Crippen LogP contribution in [0.2, 0.25) is 0 Å². The summed E-state index contributed by atoms with van der Waals surface area (Å²) < 4.78 is 0. The van der Waals surface area contributed by atoms with Crippen LogP contribution in [0.1, 0.15) is 34.3 Å². The Labute approximate surface area is 153 Å². The van der Waals surface area contributed by atoms with Crippen molar-refractivity contribution in [3.8, 4) is 0 Å². The monoisotopic (exact) mass is 371 g/mol. The van der Waals surface area contributed by atoms with E-state index < -0.39 is 0 Å². The molecule has 1 aromatic heterocycles. The topological polar surface area (TPSA) is 52.7 Å². The molecule has 1 N–H and O–H groups in total. The molecule has 7 heteroatoms. The van der Waals surface area contributed by atoms with Crippen molar-refractivity contribution < 1.29 is 9.59 Å². The summed E-state index contributed by atoms with van der Waals surface area (Å²) in [6, 6.07) is 4.30. The lowest BCUT2D eigenvalue weighted by Crippen LogP contribution is -2.53. The average Bonchev–Trinajstić information content (AvgIpc) is 3.00. The van der Waals surface area contributed by atoms with Crippen LogP contribution < -0.4 is 5.32 Å². The van der Waals surface area contributed by atoms with E-state index >= 15 is 0 Å². The maximum absolute atomic E-state index is 12.6. The highest BCUT2D eigenvalue weighted by Crippen LogP contribution is 2.21. The standard InChI is InChI=1S/C17H25N3O2S.ClH/c1-12-11-14(5-6-18-12)16(21)19-7-9-20(10-8-19)17(22)15-4-3-13(2)23-15;/h3-4,12,14,18H,5-11H2,1-2H3;1H/t12-,14-;/m0./s1. The van der Waals surface area contributed by atoms with Gasteiger partial charge in [-0.3, -0.25) is 9.59 Å². The minimum atomic E-state index is 0. The number of nitrogens with zero attached hydrogens (tertiary/aromatic N) is 2. The lowest BCUT2D eigenvalue weighted by molar-refractivity contribution is -0.138. The number of aryl methyl sites for hydroxylation is 1. The van der Waals surface area contributed by atoms with Crippen molar-refractivity contribution in [2.45, 2.75) is 32.7 Å².